The van der Waals surface area contributed by atoms with Crippen LogP contribution in [-0.4, -0.2) is 11.7 Å². The molecule has 1 saturated carbocycles. The first kappa shape index (κ1) is 9.81. The van der Waals surface area contributed by atoms with Crippen LogP contribution >= 0.6 is 11.6 Å². The molecule has 2 rings (SSSR count). The molecule has 3 N–H and O–H groups in total. The van der Waals surface area contributed by atoms with Crippen LogP contribution in [0.1, 0.15) is 18.4 Å². The fourth-order valence-corrected chi connectivity index (χ4v) is 1.89. The molecule has 1 aliphatic carbocycles. The first-order valence-electron chi connectivity index (χ1n) is 4.83. The maximum Gasteiger partial charge on any atom is 0.120 e. The maximum atomic E-state index is 9.65. The van der Waals surface area contributed by atoms with Gasteiger partial charge in [-0.2, -0.15) is 0 Å². The van der Waals surface area contributed by atoms with E-state index in [0.29, 0.717) is 11.6 Å². The smallest absolute Gasteiger partial charge is 0.120 e. The molecular weight excluding hydrogens is 198 g/mol. The summed E-state index contributed by atoms with van der Waals surface area (Å²) in [6.45, 7) is 0.703. The number of halogens is 1. The number of hydrogen-bond donors (Lipinski definition) is 2. The van der Waals surface area contributed by atoms with Crippen LogP contribution in [0.2, 0.25) is 5.02 Å². The van der Waals surface area contributed by atoms with Crippen LogP contribution in [0.15, 0.2) is 18.2 Å². The van der Waals surface area contributed by atoms with Crippen molar-refractivity contribution in [1.29, 1.82) is 0 Å². The molecule has 0 amide bonds. The second-order valence-corrected chi connectivity index (χ2v) is 4.59. The Morgan fingerprint density at radius 3 is 2.64 bits per heavy atom. The Labute approximate surface area is 88.7 Å². The van der Waals surface area contributed by atoms with Crippen molar-refractivity contribution < 1.29 is 5.11 Å². The van der Waals surface area contributed by atoms with E-state index in [-0.39, 0.29) is 11.2 Å². The quantitative estimate of drug-likeness (QED) is 0.806. The number of nitrogens with two attached hydrogens (primary N) is 1. The Bertz CT molecular complexity index is 347. The molecule has 76 valence electrons. The first-order valence-corrected chi connectivity index (χ1v) is 5.20. The van der Waals surface area contributed by atoms with Crippen LogP contribution in [0.5, 0.6) is 5.75 Å². The minimum atomic E-state index is 0.255. The topological polar surface area (TPSA) is 46.2 Å². The van der Waals surface area contributed by atoms with Crippen LogP contribution in [0, 0.1) is 5.41 Å². The van der Waals surface area contributed by atoms with Gasteiger partial charge >= 0.3 is 0 Å². The summed E-state index contributed by atoms with van der Waals surface area (Å²) in [6, 6.07) is 5.28. The van der Waals surface area contributed by atoms with E-state index in [1.807, 2.05) is 12.1 Å². The van der Waals surface area contributed by atoms with Gasteiger partial charge in [0, 0.05) is 5.02 Å². The van der Waals surface area contributed by atoms with Crippen molar-refractivity contribution in [2.45, 2.75) is 19.3 Å². The summed E-state index contributed by atoms with van der Waals surface area (Å²) in [5.41, 5.74) is 6.90. The lowest BCUT2D eigenvalue weighted by Crippen LogP contribution is -2.17. The lowest BCUT2D eigenvalue weighted by molar-refractivity contribution is 0.450. The van der Waals surface area contributed by atoms with Gasteiger partial charge in [0.2, 0.25) is 0 Å². The van der Waals surface area contributed by atoms with Crippen LogP contribution in [0.4, 0.5) is 0 Å². The highest BCUT2D eigenvalue weighted by Crippen LogP contribution is 2.48. The molecule has 0 unspecified atom stereocenters. The summed E-state index contributed by atoms with van der Waals surface area (Å²) >= 11 is 5.75. The molecule has 0 spiro atoms. The van der Waals surface area contributed by atoms with Gasteiger partial charge in [0.05, 0.1) is 0 Å². The number of phenols is 1. The zero-order chi connectivity index (χ0) is 10.2. The lowest BCUT2D eigenvalue weighted by Gasteiger charge is -2.13. The monoisotopic (exact) mass is 211 g/mol. The van der Waals surface area contributed by atoms with Gasteiger partial charge in [-0.3, -0.25) is 0 Å². The number of phenolic OH excluding ortho intramolecular Hbond substituents is 1. The van der Waals surface area contributed by atoms with Crippen molar-refractivity contribution in [3.63, 3.8) is 0 Å². The van der Waals surface area contributed by atoms with Crippen molar-refractivity contribution in [2.24, 2.45) is 11.1 Å². The molecule has 1 aromatic carbocycles. The van der Waals surface area contributed by atoms with Crippen molar-refractivity contribution >= 4 is 11.6 Å². The van der Waals surface area contributed by atoms with E-state index >= 15 is 0 Å². The Kier molecular flexibility index (Phi) is 2.41. The summed E-state index contributed by atoms with van der Waals surface area (Å²) in [5.74, 6) is 0.289. The van der Waals surface area contributed by atoms with E-state index in [1.165, 1.54) is 12.8 Å². The van der Waals surface area contributed by atoms with Crippen LogP contribution < -0.4 is 5.73 Å². The minimum Gasteiger partial charge on any atom is -0.508 e. The molecule has 0 aliphatic heterocycles. The van der Waals surface area contributed by atoms with Crippen molar-refractivity contribution in [2.75, 3.05) is 6.54 Å². The summed E-state index contributed by atoms with van der Waals surface area (Å²) in [4.78, 5) is 0. The minimum absolute atomic E-state index is 0.255. The Balaban J connectivity index is 2.17. The third kappa shape index (κ3) is 1.86. The van der Waals surface area contributed by atoms with Gasteiger partial charge in [-0.1, -0.05) is 17.7 Å². The Morgan fingerprint density at radius 2 is 2.14 bits per heavy atom. The Morgan fingerprint density at radius 1 is 1.43 bits per heavy atom. The van der Waals surface area contributed by atoms with Gasteiger partial charge in [0.25, 0.3) is 0 Å². The molecule has 3 heteroatoms. The van der Waals surface area contributed by atoms with Gasteiger partial charge in [-0.25, -0.2) is 0 Å². The molecule has 0 heterocycles. The van der Waals surface area contributed by atoms with Gasteiger partial charge in [0.1, 0.15) is 5.75 Å². The zero-order valence-corrected chi connectivity index (χ0v) is 8.72. The average Bonchev–Trinajstić information content (AvgIpc) is 2.91. The molecule has 0 bridgehead atoms. The van der Waals surface area contributed by atoms with E-state index in [1.54, 1.807) is 6.07 Å². The number of aromatic hydroxyl groups is 1. The fourth-order valence-electron chi connectivity index (χ4n) is 1.72. The standard InChI is InChI=1S/C11H14ClNO/c12-9-2-1-8(10(14)5-9)6-11(7-13)3-4-11/h1-2,5,14H,3-4,6-7,13H2. The predicted octanol–water partition coefficient (Wildman–Crippen LogP) is 2.33. The van der Waals surface area contributed by atoms with Crippen LogP contribution in [0.3, 0.4) is 0 Å². The highest BCUT2D eigenvalue weighted by molar-refractivity contribution is 6.30. The van der Waals surface area contributed by atoms with Crippen molar-refractivity contribution in [3.8, 4) is 5.75 Å². The van der Waals surface area contributed by atoms with E-state index in [0.717, 1.165) is 12.0 Å². The summed E-state index contributed by atoms with van der Waals surface area (Å²) in [6.07, 6.45) is 3.21. The maximum absolute atomic E-state index is 9.65. The molecule has 0 aromatic heterocycles. The van der Waals surface area contributed by atoms with E-state index in [9.17, 15) is 5.11 Å². The molecule has 2 nitrogen and oxygen atoms in total. The van der Waals surface area contributed by atoms with Gasteiger partial charge in [-0.15, -0.1) is 0 Å². The summed E-state index contributed by atoms with van der Waals surface area (Å²) < 4.78 is 0. The molecule has 0 radical (unpaired) electrons. The molecule has 0 atom stereocenters. The summed E-state index contributed by atoms with van der Waals surface area (Å²) in [5, 5.41) is 10.2. The third-order valence-corrected chi connectivity index (χ3v) is 3.24. The highest BCUT2D eigenvalue weighted by atomic mass is 35.5. The Hall–Kier alpha value is -0.730. The van der Waals surface area contributed by atoms with E-state index < -0.39 is 0 Å². The van der Waals surface area contributed by atoms with Gasteiger partial charge in [-0.05, 0) is 48.9 Å². The molecular formula is C11H14ClNO. The van der Waals surface area contributed by atoms with Gasteiger partial charge < -0.3 is 10.8 Å². The largest absolute Gasteiger partial charge is 0.508 e. The normalized spacial score (nSPS) is 18.1. The summed E-state index contributed by atoms with van der Waals surface area (Å²) in [7, 11) is 0. The second-order valence-electron chi connectivity index (χ2n) is 4.15. The van der Waals surface area contributed by atoms with E-state index in [2.05, 4.69) is 0 Å². The molecule has 0 saturated heterocycles. The molecule has 14 heavy (non-hydrogen) atoms. The van der Waals surface area contributed by atoms with Crippen molar-refractivity contribution in [1.82, 2.24) is 0 Å². The lowest BCUT2D eigenvalue weighted by atomic mass is 9.96. The molecule has 1 fully saturated rings. The molecule has 1 aromatic rings. The zero-order valence-electron chi connectivity index (χ0n) is 7.96. The number of benzene rings is 1. The van der Waals surface area contributed by atoms with Crippen LogP contribution in [0.25, 0.3) is 0 Å². The first-order chi connectivity index (χ1) is 6.65. The average molecular weight is 212 g/mol. The molecule has 1 aliphatic rings. The number of rotatable bonds is 3. The van der Waals surface area contributed by atoms with Crippen LogP contribution in [-0.2, 0) is 6.42 Å². The second kappa shape index (κ2) is 3.44. The van der Waals surface area contributed by atoms with Gasteiger partial charge in [0.15, 0.2) is 0 Å². The van der Waals surface area contributed by atoms with Crippen molar-refractivity contribution in [3.05, 3.63) is 28.8 Å². The fraction of sp³-hybridized carbons (Fsp3) is 0.455. The SMILES string of the molecule is NCC1(Cc2ccc(Cl)cc2O)CC1. The number of hydrogen-bond acceptors (Lipinski definition) is 2. The van der Waals surface area contributed by atoms with E-state index in [4.69, 9.17) is 17.3 Å². The highest BCUT2D eigenvalue weighted by Gasteiger charge is 2.41. The third-order valence-electron chi connectivity index (χ3n) is 3.00. The predicted molar refractivity (Wildman–Crippen MR) is 57.5 cm³/mol.